The molecule has 2 aromatic carbocycles. The Morgan fingerprint density at radius 3 is 2.32 bits per heavy atom. The lowest BCUT2D eigenvalue weighted by molar-refractivity contribution is -0.137. The molecule has 0 aromatic heterocycles. The number of nitrogens with one attached hydrogen (secondary N) is 2. The monoisotopic (exact) mass is 384 g/mol. The van der Waals surface area contributed by atoms with E-state index in [1.807, 2.05) is 75.4 Å². The minimum Gasteiger partial charge on any atom is -0.481 e. The van der Waals surface area contributed by atoms with E-state index in [0.29, 0.717) is 19.5 Å². The Labute approximate surface area is 165 Å². The van der Waals surface area contributed by atoms with Crippen LogP contribution in [-0.4, -0.2) is 35.9 Å². The molecule has 0 saturated heterocycles. The first kappa shape index (κ1) is 21.3. The number of benzene rings is 2. The Morgan fingerprint density at radius 2 is 1.68 bits per heavy atom. The second-order valence-corrected chi connectivity index (χ2v) is 7.52. The summed E-state index contributed by atoms with van der Waals surface area (Å²) in [6.07, 6.45) is 0.284. The Bertz CT molecular complexity index is 785. The van der Waals surface area contributed by atoms with Crippen molar-refractivity contribution in [3.8, 4) is 0 Å². The van der Waals surface area contributed by atoms with E-state index in [9.17, 15) is 14.7 Å². The zero-order chi connectivity index (χ0) is 20.6. The molecule has 1 atom stereocenters. The molecule has 28 heavy (non-hydrogen) atoms. The number of carbonyl (C=O) groups is 2. The molecule has 1 amide bonds. The van der Waals surface area contributed by atoms with Gasteiger partial charge in [-0.25, -0.2) is 4.79 Å². The molecule has 6 nitrogen and oxygen atoms in total. The van der Waals surface area contributed by atoms with Gasteiger partial charge in [-0.1, -0.05) is 42.5 Å². The number of alkyl carbamates (subject to hydrolysis) is 1. The molecular weight excluding hydrogens is 356 g/mol. The fraction of sp³-hybridized carbons (Fsp3) is 0.364. The third-order valence-electron chi connectivity index (χ3n) is 3.95. The topological polar surface area (TPSA) is 87.7 Å². The fourth-order valence-corrected chi connectivity index (χ4v) is 2.78. The molecule has 2 aromatic rings. The molecule has 0 fully saturated rings. The molecule has 0 aliphatic carbocycles. The minimum absolute atomic E-state index is 0.429. The highest BCUT2D eigenvalue weighted by molar-refractivity contribution is 5.80. The van der Waals surface area contributed by atoms with E-state index in [4.69, 9.17) is 4.74 Å². The highest BCUT2D eigenvalue weighted by atomic mass is 16.6. The number of carboxylic acid groups (broad SMARTS) is 1. The number of carbonyl (C=O) groups excluding carboxylic acids is 1. The lowest BCUT2D eigenvalue weighted by Gasteiger charge is -2.19. The smallest absolute Gasteiger partial charge is 0.407 e. The average molecular weight is 384 g/mol. The maximum absolute atomic E-state index is 11.8. The zero-order valence-electron chi connectivity index (χ0n) is 16.6. The van der Waals surface area contributed by atoms with Crippen LogP contribution in [0.4, 0.5) is 10.5 Å². The highest BCUT2D eigenvalue weighted by Crippen LogP contribution is 2.26. The maximum Gasteiger partial charge on any atom is 0.407 e. The van der Waals surface area contributed by atoms with Gasteiger partial charge >= 0.3 is 12.1 Å². The molecule has 3 N–H and O–H groups in total. The van der Waals surface area contributed by atoms with Crippen molar-refractivity contribution in [2.75, 3.05) is 18.4 Å². The van der Waals surface area contributed by atoms with Crippen molar-refractivity contribution >= 4 is 17.7 Å². The van der Waals surface area contributed by atoms with E-state index >= 15 is 0 Å². The number of hydrogen-bond donors (Lipinski definition) is 3. The predicted octanol–water partition coefficient (Wildman–Crippen LogP) is 4.23. The van der Waals surface area contributed by atoms with Crippen molar-refractivity contribution in [2.24, 2.45) is 0 Å². The third-order valence-corrected chi connectivity index (χ3v) is 3.95. The van der Waals surface area contributed by atoms with Crippen molar-refractivity contribution in [1.82, 2.24) is 5.32 Å². The largest absolute Gasteiger partial charge is 0.481 e. The molecule has 0 bridgehead atoms. The van der Waals surface area contributed by atoms with Crippen LogP contribution in [0.5, 0.6) is 0 Å². The summed E-state index contributed by atoms with van der Waals surface area (Å²) >= 11 is 0. The van der Waals surface area contributed by atoms with Gasteiger partial charge in [-0.3, -0.25) is 4.79 Å². The maximum atomic E-state index is 11.8. The molecule has 0 saturated carbocycles. The number of amides is 1. The SMILES string of the molecule is CC(C)(C)OC(=O)NCCCNc1cccc(C(C(=O)O)c2ccccc2)c1. The molecule has 0 spiro atoms. The van der Waals surface area contributed by atoms with Crippen LogP contribution in [0.2, 0.25) is 0 Å². The minimum atomic E-state index is -0.884. The molecule has 0 aliphatic rings. The van der Waals surface area contributed by atoms with Gasteiger partial charge in [0.25, 0.3) is 0 Å². The first-order valence-corrected chi connectivity index (χ1v) is 9.35. The molecule has 150 valence electrons. The van der Waals surface area contributed by atoms with Gasteiger partial charge in [0.05, 0.1) is 0 Å². The van der Waals surface area contributed by atoms with Gasteiger partial charge in [0.15, 0.2) is 0 Å². The van der Waals surface area contributed by atoms with Crippen LogP contribution in [0, 0.1) is 0 Å². The van der Waals surface area contributed by atoms with Gasteiger partial charge in [-0.15, -0.1) is 0 Å². The van der Waals surface area contributed by atoms with Crippen molar-refractivity contribution in [2.45, 2.75) is 38.7 Å². The Hall–Kier alpha value is -3.02. The number of hydrogen-bond acceptors (Lipinski definition) is 4. The van der Waals surface area contributed by atoms with Crippen LogP contribution in [0.25, 0.3) is 0 Å². The third kappa shape index (κ3) is 6.95. The number of rotatable bonds is 8. The fourth-order valence-electron chi connectivity index (χ4n) is 2.78. The van der Waals surface area contributed by atoms with E-state index in [0.717, 1.165) is 16.8 Å². The summed E-state index contributed by atoms with van der Waals surface area (Å²) in [6, 6.07) is 16.6. The van der Waals surface area contributed by atoms with Crippen LogP contribution in [0.3, 0.4) is 0 Å². The molecule has 0 radical (unpaired) electrons. The standard InChI is InChI=1S/C22H28N2O4/c1-22(2,3)28-21(27)24-14-8-13-23-18-12-7-11-17(15-18)19(20(25)26)16-9-5-4-6-10-16/h4-7,9-12,15,19,23H,8,13-14H2,1-3H3,(H,24,27)(H,25,26). The van der Waals surface area contributed by atoms with Crippen LogP contribution >= 0.6 is 0 Å². The van der Waals surface area contributed by atoms with Crippen LogP contribution in [0.1, 0.15) is 44.2 Å². The summed E-state index contributed by atoms with van der Waals surface area (Å²) in [5.74, 6) is -1.60. The van der Waals surface area contributed by atoms with Gasteiger partial charge in [0, 0.05) is 18.8 Å². The van der Waals surface area contributed by atoms with Crippen molar-refractivity contribution in [3.05, 3.63) is 65.7 Å². The summed E-state index contributed by atoms with van der Waals surface area (Å²) in [7, 11) is 0. The van der Waals surface area contributed by atoms with Crippen LogP contribution in [0.15, 0.2) is 54.6 Å². The van der Waals surface area contributed by atoms with Crippen LogP contribution in [-0.2, 0) is 9.53 Å². The second-order valence-electron chi connectivity index (χ2n) is 7.52. The van der Waals surface area contributed by atoms with E-state index in [2.05, 4.69) is 10.6 Å². The van der Waals surface area contributed by atoms with Gasteiger partial charge < -0.3 is 20.5 Å². The van der Waals surface area contributed by atoms with Crippen molar-refractivity contribution in [3.63, 3.8) is 0 Å². The Balaban J connectivity index is 1.89. The van der Waals surface area contributed by atoms with Gasteiger partial charge in [0.2, 0.25) is 0 Å². The van der Waals surface area contributed by atoms with E-state index < -0.39 is 23.6 Å². The predicted molar refractivity (Wildman–Crippen MR) is 110 cm³/mol. The lowest BCUT2D eigenvalue weighted by atomic mass is 9.91. The molecule has 0 heterocycles. The number of carboxylic acids is 1. The Morgan fingerprint density at radius 1 is 1.00 bits per heavy atom. The van der Waals surface area contributed by atoms with Gasteiger partial charge in [-0.05, 0) is 50.5 Å². The summed E-state index contributed by atoms with van der Waals surface area (Å²) in [4.78, 5) is 23.4. The number of aliphatic carboxylic acids is 1. The van der Waals surface area contributed by atoms with E-state index in [1.54, 1.807) is 0 Å². The molecule has 0 aliphatic heterocycles. The first-order valence-electron chi connectivity index (χ1n) is 9.35. The molecule has 1 unspecified atom stereocenters. The summed E-state index contributed by atoms with van der Waals surface area (Å²) in [6.45, 7) is 6.59. The quantitative estimate of drug-likeness (QED) is 0.593. The van der Waals surface area contributed by atoms with E-state index in [-0.39, 0.29) is 0 Å². The van der Waals surface area contributed by atoms with Gasteiger partial charge in [-0.2, -0.15) is 0 Å². The highest BCUT2D eigenvalue weighted by Gasteiger charge is 2.22. The van der Waals surface area contributed by atoms with Crippen LogP contribution < -0.4 is 10.6 Å². The van der Waals surface area contributed by atoms with Gasteiger partial charge in [0.1, 0.15) is 11.5 Å². The molecular formula is C22H28N2O4. The summed E-state index contributed by atoms with van der Waals surface area (Å²) in [5, 5.41) is 15.7. The van der Waals surface area contributed by atoms with E-state index in [1.165, 1.54) is 0 Å². The average Bonchev–Trinajstić information content (AvgIpc) is 2.61. The lowest BCUT2D eigenvalue weighted by Crippen LogP contribution is -2.33. The van der Waals surface area contributed by atoms with Crippen molar-refractivity contribution in [1.29, 1.82) is 0 Å². The zero-order valence-corrected chi connectivity index (χ0v) is 16.6. The summed E-state index contributed by atoms with van der Waals surface area (Å²) < 4.78 is 5.18. The summed E-state index contributed by atoms with van der Waals surface area (Å²) in [5.41, 5.74) is 1.80. The molecule has 2 rings (SSSR count). The normalized spacial score (nSPS) is 12.1. The number of ether oxygens (including phenoxy) is 1. The van der Waals surface area contributed by atoms with Crippen molar-refractivity contribution < 1.29 is 19.4 Å². The first-order chi connectivity index (χ1) is 13.3. The Kier molecular flexibility index (Phi) is 7.44. The molecule has 6 heteroatoms. The second kappa shape index (κ2) is 9.78. The number of anilines is 1.